The quantitative estimate of drug-likeness (QED) is 0.340. The summed E-state index contributed by atoms with van der Waals surface area (Å²) in [6.07, 6.45) is -11.1. The predicted molar refractivity (Wildman–Crippen MR) is 138 cm³/mol. The summed E-state index contributed by atoms with van der Waals surface area (Å²) in [6.45, 7) is 4.18. The van der Waals surface area contributed by atoms with Gasteiger partial charge < -0.3 is 14.2 Å². The van der Waals surface area contributed by atoms with Gasteiger partial charge in [-0.15, -0.1) is 5.10 Å². The molecule has 2 aliphatic heterocycles. The van der Waals surface area contributed by atoms with E-state index in [1.54, 1.807) is 12.1 Å². The number of nitrogens with zero attached hydrogens (tertiary/aromatic N) is 4. The van der Waals surface area contributed by atoms with Gasteiger partial charge in [0, 0.05) is 32.7 Å². The number of ether oxygens (including phenoxy) is 3. The first-order valence-corrected chi connectivity index (χ1v) is 13.7. The van der Waals surface area contributed by atoms with Crippen LogP contribution in [0.25, 0.3) is 0 Å². The van der Waals surface area contributed by atoms with Gasteiger partial charge in [-0.1, -0.05) is 17.3 Å². The average molecular weight is 618 g/mol. The molecule has 1 N–H and O–H groups in total. The third kappa shape index (κ3) is 8.09. The van der Waals surface area contributed by atoms with Crippen molar-refractivity contribution in [2.45, 2.75) is 44.2 Å². The first-order valence-electron chi connectivity index (χ1n) is 13.7. The number of H-pyrrole nitrogens is 1. The Morgan fingerprint density at radius 2 is 1.56 bits per heavy atom. The van der Waals surface area contributed by atoms with Crippen molar-refractivity contribution < 1.29 is 44.9 Å². The highest BCUT2D eigenvalue weighted by molar-refractivity contribution is 5.34. The molecule has 2 fully saturated rings. The molecule has 43 heavy (non-hydrogen) atoms. The molecule has 5 rings (SSSR count). The van der Waals surface area contributed by atoms with E-state index in [4.69, 9.17) is 14.2 Å². The SMILES string of the molecule is Fc1ccc(C2C(OCCc3cc(C(F)(F)F)cc(C(F)(F)F)c3)OCCN2Cc2nn[nH]c2CN2CCOCC2)cc1. The van der Waals surface area contributed by atoms with E-state index in [2.05, 4.69) is 20.3 Å². The zero-order valence-corrected chi connectivity index (χ0v) is 22.9. The lowest BCUT2D eigenvalue weighted by Gasteiger charge is -2.41. The highest BCUT2D eigenvalue weighted by Gasteiger charge is 2.38. The standard InChI is InChI=1S/C28H30F7N5O3/c29-22-3-1-19(2-4-22)25-26(42-9-5-18-13-20(27(30,31)32)15-21(14-18)28(33,34)35)43-12-8-40(25)17-24-23(36-38-37-24)16-39-6-10-41-11-7-39/h1-4,13-15,25-26H,5-12,16-17H2,(H,36,37,38). The second-order valence-electron chi connectivity index (χ2n) is 10.4. The summed E-state index contributed by atoms with van der Waals surface area (Å²) in [6, 6.07) is 6.63. The van der Waals surface area contributed by atoms with Crippen molar-refractivity contribution in [2.24, 2.45) is 0 Å². The van der Waals surface area contributed by atoms with Gasteiger partial charge in [-0.25, -0.2) is 4.39 Å². The van der Waals surface area contributed by atoms with Crippen molar-refractivity contribution in [1.82, 2.24) is 25.2 Å². The van der Waals surface area contributed by atoms with Gasteiger partial charge in [-0.2, -0.15) is 26.3 Å². The largest absolute Gasteiger partial charge is 0.416 e. The summed E-state index contributed by atoms with van der Waals surface area (Å²) in [7, 11) is 0. The first kappa shape index (κ1) is 31.3. The zero-order chi connectivity index (χ0) is 30.6. The van der Waals surface area contributed by atoms with Crippen LogP contribution in [0.1, 0.15) is 39.7 Å². The highest BCUT2D eigenvalue weighted by atomic mass is 19.4. The van der Waals surface area contributed by atoms with Gasteiger partial charge in [0.2, 0.25) is 0 Å². The summed E-state index contributed by atoms with van der Waals surface area (Å²) < 4.78 is 111. The molecule has 234 valence electrons. The molecule has 2 saturated heterocycles. The molecule has 2 aliphatic rings. The van der Waals surface area contributed by atoms with Crippen LogP contribution in [0.4, 0.5) is 30.7 Å². The molecule has 3 heterocycles. The average Bonchev–Trinajstić information content (AvgIpc) is 3.39. The molecule has 0 aliphatic carbocycles. The fraction of sp³-hybridized carbons (Fsp3) is 0.500. The van der Waals surface area contributed by atoms with Crippen LogP contribution in [-0.2, 0) is 46.1 Å². The maximum absolute atomic E-state index is 13.8. The first-order chi connectivity index (χ1) is 20.5. The number of hydrogen-bond acceptors (Lipinski definition) is 7. The molecule has 0 bridgehead atoms. The van der Waals surface area contributed by atoms with Crippen LogP contribution in [0.5, 0.6) is 0 Å². The molecular formula is C28H30F7N5O3. The van der Waals surface area contributed by atoms with E-state index in [0.717, 1.165) is 18.8 Å². The normalized spacial score (nSPS) is 20.9. The van der Waals surface area contributed by atoms with Crippen molar-refractivity contribution in [3.63, 3.8) is 0 Å². The van der Waals surface area contributed by atoms with Crippen molar-refractivity contribution >= 4 is 0 Å². The highest BCUT2D eigenvalue weighted by Crippen LogP contribution is 2.37. The number of halogens is 7. The number of aromatic amines is 1. The van der Waals surface area contributed by atoms with E-state index in [-0.39, 0.29) is 31.3 Å². The molecule has 1 aromatic heterocycles. The second kappa shape index (κ2) is 13.3. The number of aromatic nitrogens is 3. The fourth-order valence-corrected chi connectivity index (χ4v) is 5.19. The summed E-state index contributed by atoms with van der Waals surface area (Å²) >= 11 is 0. The third-order valence-corrected chi connectivity index (χ3v) is 7.39. The van der Waals surface area contributed by atoms with Crippen LogP contribution in [0.2, 0.25) is 0 Å². The third-order valence-electron chi connectivity index (χ3n) is 7.39. The Balaban J connectivity index is 1.33. The molecule has 15 heteroatoms. The Morgan fingerprint density at radius 3 is 2.21 bits per heavy atom. The molecule has 0 amide bonds. The lowest BCUT2D eigenvalue weighted by atomic mass is 10.0. The Hall–Kier alpha value is -3.11. The van der Waals surface area contributed by atoms with Gasteiger partial charge in [0.1, 0.15) is 11.5 Å². The molecule has 2 atom stereocenters. The lowest BCUT2D eigenvalue weighted by molar-refractivity contribution is -0.212. The van der Waals surface area contributed by atoms with E-state index in [9.17, 15) is 30.7 Å². The maximum atomic E-state index is 13.8. The van der Waals surface area contributed by atoms with Gasteiger partial charge >= 0.3 is 12.4 Å². The topological polar surface area (TPSA) is 75.7 Å². The van der Waals surface area contributed by atoms with Gasteiger partial charge in [-0.3, -0.25) is 14.9 Å². The fourth-order valence-electron chi connectivity index (χ4n) is 5.19. The minimum absolute atomic E-state index is 0.0915. The van der Waals surface area contributed by atoms with Crippen molar-refractivity contribution in [2.75, 3.05) is 46.1 Å². The summed E-state index contributed by atoms with van der Waals surface area (Å²) in [4.78, 5) is 4.23. The monoisotopic (exact) mass is 617 g/mol. The molecule has 3 aromatic rings. The van der Waals surface area contributed by atoms with Crippen LogP contribution in [0.3, 0.4) is 0 Å². The molecular weight excluding hydrogens is 587 g/mol. The van der Waals surface area contributed by atoms with Gasteiger partial charge in [-0.05, 0) is 47.9 Å². The van der Waals surface area contributed by atoms with E-state index in [1.165, 1.54) is 12.1 Å². The van der Waals surface area contributed by atoms with Crippen LogP contribution < -0.4 is 0 Å². The molecule has 0 radical (unpaired) electrons. The van der Waals surface area contributed by atoms with Gasteiger partial charge in [0.15, 0.2) is 6.29 Å². The van der Waals surface area contributed by atoms with Crippen molar-refractivity contribution in [1.29, 1.82) is 0 Å². The Kier molecular flexibility index (Phi) is 9.66. The molecule has 0 spiro atoms. The lowest BCUT2D eigenvalue weighted by Crippen LogP contribution is -2.46. The number of hydrogen-bond donors (Lipinski definition) is 1. The molecule has 2 aromatic carbocycles. The number of morpholine rings is 2. The van der Waals surface area contributed by atoms with Gasteiger partial charge in [0.05, 0.1) is 49.3 Å². The van der Waals surface area contributed by atoms with E-state index in [0.29, 0.717) is 56.2 Å². The summed E-state index contributed by atoms with van der Waals surface area (Å²) in [5, 5.41) is 11.2. The minimum Gasteiger partial charge on any atom is -0.379 e. The van der Waals surface area contributed by atoms with Crippen LogP contribution in [0.15, 0.2) is 42.5 Å². The molecule has 0 saturated carbocycles. The Morgan fingerprint density at radius 1 is 0.884 bits per heavy atom. The van der Waals surface area contributed by atoms with Gasteiger partial charge in [0.25, 0.3) is 0 Å². The number of benzene rings is 2. The number of alkyl halides is 6. The molecule has 2 unspecified atom stereocenters. The van der Waals surface area contributed by atoms with E-state index < -0.39 is 41.6 Å². The van der Waals surface area contributed by atoms with Crippen molar-refractivity contribution in [3.8, 4) is 0 Å². The minimum atomic E-state index is -4.95. The Bertz CT molecular complexity index is 1310. The Labute approximate surface area is 242 Å². The smallest absolute Gasteiger partial charge is 0.379 e. The summed E-state index contributed by atoms with van der Waals surface area (Å²) in [5.41, 5.74) is -0.771. The summed E-state index contributed by atoms with van der Waals surface area (Å²) in [5.74, 6) is -0.446. The van der Waals surface area contributed by atoms with Crippen LogP contribution >= 0.6 is 0 Å². The van der Waals surface area contributed by atoms with Crippen LogP contribution in [0, 0.1) is 5.82 Å². The predicted octanol–water partition coefficient (Wildman–Crippen LogP) is 4.97. The zero-order valence-electron chi connectivity index (χ0n) is 22.9. The maximum Gasteiger partial charge on any atom is 0.416 e. The van der Waals surface area contributed by atoms with E-state index >= 15 is 0 Å². The molecule has 8 nitrogen and oxygen atoms in total. The van der Waals surface area contributed by atoms with E-state index in [1.807, 2.05) is 4.90 Å². The van der Waals surface area contributed by atoms with Crippen LogP contribution in [-0.4, -0.2) is 77.6 Å². The second-order valence-corrected chi connectivity index (χ2v) is 10.4. The van der Waals surface area contributed by atoms with Crippen molar-refractivity contribution in [3.05, 3.63) is 81.9 Å². The number of rotatable bonds is 9. The number of nitrogens with one attached hydrogen (secondary N) is 1.